The average molecular weight is 241 g/mol. The molecule has 1 unspecified atom stereocenters. The van der Waals surface area contributed by atoms with Gasteiger partial charge in [0, 0.05) is 18.7 Å². The molecule has 1 fully saturated rings. The fraction of sp³-hybridized carbons (Fsp3) is 0.500. The predicted molar refractivity (Wildman–Crippen MR) is 61.8 cm³/mol. The third kappa shape index (κ3) is 2.79. The molecule has 1 atom stereocenters. The third-order valence-electron chi connectivity index (χ3n) is 2.73. The maximum atomic E-state index is 13.3. The van der Waals surface area contributed by atoms with E-state index in [0.29, 0.717) is 12.4 Å². The van der Waals surface area contributed by atoms with Crippen LogP contribution in [0.15, 0.2) is 12.1 Å². The van der Waals surface area contributed by atoms with Crippen LogP contribution in [0.25, 0.3) is 0 Å². The summed E-state index contributed by atoms with van der Waals surface area (Å²) in [5, 5.41) is 0. The van der Waals surface area contributed by atoms with Crippen LogP contribution in [-0.2, 0) is 4.74 Å². The molecule has 0 saturated carbocycles. The standard InChI is InChI=1S/C12H16FNO3/c1-15-11-6-12(10(14)5-9(11)13)17-7-8-3-2-4-16-8/h5-6,8H,2-4,7,14H2,1H3. The number of ether oxygens (including phenoxy) is 3. The molecule has 94 valence electrons. The van der Waals surface area contributed by atoms with Crippen molar-refractivity contribution in [2.45, 2.75) is 18.9 Å². The summed E-state index contributed by atoms with van der Waals surface area (Å²) in [6.07, 6.45) is 2.14. The molecule has 5 heteroatoms. The highest BCUT2D eigenvalue weighted by atomic mass is 19.1. The summed E-state index contributed by atoms with van der Waals surface area (Å²) in [7, 11) is 1.40. The van der Waals surface area contributed by atoms with Crippen LogP contribution in [0, 0.1) is 5.82 Å². The molecule has 1 aliphatic rings. The van der Waals surface area contributed by atoms with Crippen LogP contribution in [-0.4, -0.2) is 26.4 Å². The van der Waals surface area contributed by atoms with Crippen LogP contribution in [0.1, 0.15) is 12.8 Å². The normalized spacial score (nSPS) is 19.3. The summed E-state index contributed by atoms with van der Waals surface area (Å²) < 4.78 is 29.1. The molecule has 1 aromatic carbocycles. The van der Waals surface area contributed by atoms with Crippen LogP contribution < -0.4 is 15.2 Å². The van der Waals surface area contributed by atoms with Crippen molar-refractivity contribution in [1.82, 2.24) is 0 Å². The zero-order valence-corrected chi connectivity index (χ0v) is 9.74. The molecule has 1 heterocycles. The molecule has 0 amide bonds. The highest BCUT2D eigenvalue weighted by Crippen LogP contribution is 2.30. The molecule has 2 N–H and O–H groups in total. The first-order valence-corrected chi connectivity index (χ1v) is 5.58. The van der Waals surface area contributed by atoms with Gasteiger partial charge in [-0.25, -0.2) is 4.39 Å². The van der Waals surface area contributed by atoms with Crippen molar-refractivity contribution in [2.75, 3.05) is 26.1 Å². The summed E-state index contributed by atoms with van der Waals surface area (Å²) in [5.41, 5.74) is 5.93. The Bertz CT molecular complexity index is 392. The van der Waals surface area contributed by atoms with Crippen LogP contribution in [0.2, 0.25) is 0 Å². The van der Waals surface area contributed by atoms with E-state index in [2.05, 4.69) is 0 Å². The highest BCUT2D eigenvalue weighted by Gasteiger charge is 2.17. The molecule has 0 bridgehead atoms. The van der Waals surface area contributed by atoms with Gasteiger partial charge in [-0.1, -0.05) is 0 Å². The molecule has 0 aromatic heterocycles. The lowest BCUT2D eigenvalue weighted by atomic mass is 10.2. The topological polar surface area (TPSA) is 53.7 Å². The first-order chi connectivity index (χ1) is 8.20. The largest absolute Gasteiger partial charge is 0.494 e. The Morgan fingerprint density at radius 3 is 2.94 bits per heavy atom. The van der Waals surface area contributed by atoms with Crippen molar-refractivity contribution in [1.29, 1.82) is 0 Å². The lowest BCUT2D eigenvalue weighted by molar-refractivity contribution is 0.0681. The second kappa shape index (κ2) is 5.23. The Hall–Kier alpha value is -1.49. The van der Waals surface area contributed by atoms with Crippen molar-refractivity contribution in [3.8, 4) is 11.5 Å². The van der Waals surface area contributed by atoms with Gasteiger partial charge in [-0.15, -0.1) is 0 Å². The number of hydrogen-bond donors (Lipinski definition) is 1. The van der Waals surface area contributed by atoms with Crippen molar-refractivity contribution in [2.24, 2.45) is 0 Å². The van der Waals surface area contributed by atoms with Crippen LogP contribution in [0.3, 0.4) is 0 Å². The number of anilines is 1. The van der Waals surface area contributed by atoms with Crippen molar-refractivity contribution >= 4 is 5.69 Å². The monoisotopic (exact) mass is 241 g/mol. The Morgan fingerprint density at radius 2 is 2.29 bits per heavy atom. The van der Waals surface area contributed by atoms with Crippen LogP contribution in [0.5, 0.6) is 11.5 Å². The van der Waals surface area contributed by atoms with E-state index in [1.807, 2.05) is 0 Å². The van der Waals surface area contributed by atoms with E-state index in [1.165, 1.54) is 19.2 Å². The summed E-state index contributed by atoms with van der Waals surface area (Å²) in [4.78, 5) is 0. The number of nitrogen functional groups attached to an aromatic ring is 1. The SMILES string of the molecule is COc1cc(OCC2CCCO2)c(N)cc1F. The van der Waals surface area contributed by atoms with Gasteiger partial charge in [-0.05, 0) is 12.8 Å². The number of nitrogens with two attached hydrogens (primary N) is 1. The summed E-state index contributed by atoms with van der Waals surface area (Å²) >= 11 is 0. The maximum absolute atomic E-state index is 13.3. The minimum absolute atomic E-state index is 0.102. The van der Waals surface area contributed by atoms with Gasteiger partial charge in [0.1, 0.15) is 12.4 Å². The third-order valence-corrected chi connectivity index (χ3v) is 2.73. The van der Waals surface area contributed by atoms with E-state index in [9.17, 15) is 4.39 Å². The molecule has 17 heavy (non-hydrogen) atoms. The molecule has 1 saturated heterocycles. The molecule has 0 radical (unpaired) electrons. The number of halogens is 1. The molecule has 0 spiro atoms. The van der Waals surface area contributed by atoms with Gasteiger partial charge in [0.2, 0.25) is 0 Å². The van der Waals surface area contributed by atoms with E-state index >= 15 is 0 Å². The molecule has 1 aliphatic heterocycles. The van der Waals surface area contributed by atoms with Crippen molar-refractivity contribution in [3.63, 3.8) is 0 Å². The highest BCUT2D eigenvalue weighted by molar-refractivity contribution is 5.56. The molecule has 4 nitrogen and oxygen atoms in total. The number of hydrogen-bond acceptors (Lipinski definition) is 4. The van der Waals surface area contributed by atoms with E-state index in [0.717, 1.165) is 19.4 Å². The fourth-order valence-corrected chi connectivity index (χ4v) is 1.79. The van der Waals surface area contributed by atoms with Crippen LogP contribution >= 0.6 is 0 Å². The van der Waals surface area contributed by atoms with Gasteiger partial charge in [-0.2, -0.15) is 0 Å². The van der Waals surface area contributed by atoms with Gasteiger partial charge in [0.25, 0.3) is 0 Å². The Labute approximate surface area is 99.5 Å². The predicted octanol–water partition coefficient (Wildman–Crippen LogP) is 1.97. The quantitative estimate of drug-likeness (QED) is 0.819. The maximum Gasteiger partial charge on any atom is 0.167 e. The number of benzene rings is 1. The van der Waals surface area contributed by atoms with E-state index in [4.69, 9.17) is 19.9 Å². The van der Waals surface area contributed by atoms with Gasteiger partial charge in [0.15, 0.2) is 11.6 Å². The van der Waals surface area contributed by atoms with Crippen LogP contribution in [0.4, 0.5) is 10.1 Å². The smallest absolute Gasteiger partial charge is 0.167 e. The molecular formula is C12H16FNO3. The van der Waals surface area contributed by atoms with Crippen molar-refractivity contribution < 1.29 is 18.6 Å². The van der Waals surface area contributed by atoms with Crippen molar-refractivity contribution in [3.05, 3.63) is 17.9 Å². The second-order valence-electron chi connectivity index (χ2n) is 3.97. The minimum atomic E-state index is -0.491. The lowest BCUT2D eigenvalue weighted by Gasteiger charge is -2.14. The fourth-order valence-electron chi connectivity index (χ4n) is 1.79. The Balaban J connectivity index is 2.03. The first-order valence-electron chi connectivity index (χ1n) is 5.58. The lowest BCUT2D eigenvalue weighted by Crippen LogP contribution is -2.16. The Kier molecular flexibility index (Phi) is 3.68. The molecule has 0 aliphatic carbocycles. The molecular weight excluding hydrogens is 225 g/mol. The zero-order valence-electron chi connectivity index (χ0n) is 9.74. The second-order valence-corrected chi connectivity index (χ2v) is 3.97. The summed E-state index contributed by atoms with van der Waals surface area (Å²) in [6, 6.07) is 2.66. The van der Waals surface area contributed by atoms with E-state index in [-0.39, 0.29) is 17.5 Å². The Morgan fingerprint density at radius 1 is 1.47 bits per heavy atom. The summed E-state index contributed by atoms with van der Waals surface area (Å²) in [5.74, 6) is 0.0646. The summed E-state index contributed by atoms with van der Waals surface area (Å²) in [6.45, 7) is 1.20. The number of rotatable bonds is 4. The van der Waals surface area contributed by atoms with E-state index in [1.54, 1.807) is 0 Å². The molecule has 2 rings (SSSR count). The van der Waals surface area contributed by atoms with Gasteiger partial charge in [0.05, 0.1) is 18.9 Å². The zero-order chi connectivity index (χ0) is 12.3. The van der Waals surface area contributed by atoms with Gasteiger partial charge < -0.3 is 19.9 Å². The van der Waals surface area contributed by atoms with Gasteiger partial charge >= 0.3 is 0 Å². The average Bonchev–Trinajstić information content (AvgIpc) is 2.81. The molecule has 1 aromatic rings. The first kappa shape index (κ1) is 12.0. The number of methoxy groups -OCH3 is 1. The minimum Gasteiger partial charge on any atom is -0.494 e. The van der Waals surface area contributed by atoms with Gasteiger partial charge in [-0.3, -0.25) is 0 Å². The van der Waals surface area contributed by atoms with E-state index < -0.39 is 5.82 Å².